The van der Waals surface area contributed by atoms with Gasteiger partial charge in [-0.15, -0.1) is 11.8 Å². The second-order valence-corrected chi connectivity index (χ2v) is 6.48. The van der Waals surface area contributed by atoms with Crippen molar-refractivity contribution >= 4 is 11.8 Å². The minimum atomic E-state index is 0.719. The minimum Gasteiger partial charge on any atom is -0.316 e. The highest BCUT2D eigenvalue weighted by molar-refractivity contribution is 7.99. The summed E-state index contributed by atoms with van der Waals surface area (Å²) in [7, 11) is 1.99. The van der Waals surface area contributed by atoms with Gasteiger partial charge in [0.15, 0.2) is 0 Å². The fourth-order valence-corrected chi connectivity index (χ4v) is 3.49. The first-order valence-electron chi connectivity index (χ1n) is 7.58. The number of thioether (sulfide) groups is 1. The largest absolute Gasteiger partial charge is 0.316 e. The number of rotatable bonds is 7. The molecular formula is C17H25N3S. The molecule has 3 nitrogen and oxygen atoms in total. The van der Waals surface area contributed by atoms with E-state index in [4.69, 9.17) is 5.10 Å². The predicted octanol–water partition coefficient (Wildman–Crippen LogP) is 4.04. The molecule has 1 aromatic carbocycles. The van der Waals surface area contributed by atoms with Crippen molar-refractivity contribution in [3.8, 4) is 5.69 Å². The molecule has 114 valence electrons. The average molecular weight is 303 g/mol. The van der Waals surface area contributed by atoms with Crippen LogP contribution in [0.3, 0.4) is 0 Å². The lowest BCUT2D eigenvalue weighted by Crippen LogP contribution is -2.08. The number of aryl methyl sites for hydroxylation is 1. The van der Waals surface area contributed by atoms with Gasteiger partial charge >= 0.3 is 0 Å². The molecule has 1 N–H and O–H groups in total. The molecule has 0 saturated heterocycles. The second kappa shape index (κ2) is 7.66. The number of nitrogens with one attached hydrogen (secondary N) is 1. The highest BCUT2D eigenvalue weighted by Crippen LogP contribution is 2.30. The normalized spacial score (nSPS) is 12.6. The number of para-hydroxylation sites is 1. The SMILES string of the molecule is CCC(C)CSc1c(CNC)c(C)nn1-c1ccccc1. The highest BCUT2D eigenvalue weighted by atomic mass is 32.2. The van der Waals surface area contributed by atoms with Gasteiger partial charge in [0.05, 0.1) is 11.4 Å². The summed E-state index contributed by atoms with van der Waals surface area (Å²) in [4.78, 5) is 0. The standard InChI is InChI=1S/C17H25N3S/c1-5-13(2)12-21-17-16(11-18-4)14(3)19-20(17)15-9-7-6-8-10-15/h6-10,13,18H,5,11-12H2,1-4H3. The third kappa shape index (κ3) is 3.89. The van der Waals surface area contributed by atoms with Gasteiger partial charge in [0.2, 0.25) is 0 Å². The summed E-state index contributed by atoms with van der Waals surface area (Å²) in [5, 5.41) is 9.30. The summed E-state index contributed by atoms with van der Waals surface area (Å²) in [6.45, 7) is 7.52. The van der Waals surface area contributed by atoms with Gasteiger partial charge < -0.3 is 5.32 Å². The van der Waals surface area contributed by atoms with E-state index in [0.29, 0.717) is 0 Å². The highest BCUT2D eigenvalue weighted by Gasteiger charge is 2.17. The van der Waals surface area contributed by atoms with Crippen LogP contribution in [0.5, 0.6) is 0 Å². The first kappa shape index (κ1) is 16.1. The lowest BCUT2D eigenvalue weighted by Gasteiger charge is -2.12. The van der Waals surface area contributed by atoms with E-state index >= 15 is 0 Å². The summed E-state index contributed by atoms with van der Waals surface area (Å²) in [5.74, 6) is 1.85. The molecule has 0 amide bonds. The van der Waals surface area contributed by atoms with E-state index in [-0.39, 0.29) is 0 Å². The Bertz CT molecular complexity index is 563. The maximum absolute atomic E-state index is 4.76. The van der Waals surface area contributed by atoms with Gasteiger partial charge in [-0.05, 0) is 32.0 Å². The number of aromatic nitrogens is 2. The van der Waals surface area contributed by atoms with Crippen LogP contribution in [0, 0.1) is 12.8 Å². The molecule has 0 saturated carbocycles. The van der Waals surface area contributed by atoms with Crippen LogP contribution in [0.25, 0.3) is 5.69 Å². The molecule has 21 heavy (non-hydrogen) atoms. The van der Waals surface area contributed by atoms with Gasteiger partial charge in [0, 0.05) is 17.9 Å². The summed E-state index contributed by atoms with van der Waals surface area (Å²) < 4.78 is 2.09. The van der Waals surface area contributed by atoms with Crippen molar-refractivity contribution in [1.82, 2.24) is 15.1 Å². The third-order valence-corrected chi connectivity index (χ3v) is 5.12. The Kier molecular flexibility index (Phi) is 5.88. The Hall–Kier alpha value is -1.26. The lowest BCUT2D eigenvalue weighted by atomic mass is 10.2. The van der Waals surface area contributed by atoms with E-state index in [9.17, 15) is 0 Å². The molecule has 0 aliphatic carbocycles. The zero-order valence-electron chi connectivity index (χ0n) is 13.4. The summed E-state index contributed by atoms with van der Waals surface area (Å²) in [6.07, 6.45) is 1.22. The molecule has 4 heteroatoms. The molecule has 1 aromatic heterocycles. The number of hydrogen-bond acceptors (Lipinski definition) is 3. The Morgan fingerprint density at radius 3 is 2.62 bits per heavy atom. The number of nitrogens with zero attached hydrogens (tertiary/aromatic N) is 2. The van der Waals surface area contributed by atoms with Crippen molar-refractivity contribution in [3.05, 3.63) is 41.6 Å². The molecule has 2 rings (SSSR count). The van der Waals surface area contributed by atoms with Crippen LogP contribution < -0.4 is 5.32 Å². The summed E-state index contributed by atoms with van der Waals surface area (Å²) in [6, 6.07) is 10.4. The van der Waals surface area contributed by atoms with Crippen molar-refractivity contribution in [1.29, 1.82) is 0 Å². The molecule has 1 unspecified atom stereocenters. The predicted molar refractivity (Wildman–Crippen MR) is 91.2 cm³/mol. The number of benzene rings is 1. The van der Waals surface area contributed by atoms with Gasteiger partial charge in [-0.1, -0.05) is 38.5 Å². The van der Waals surface area contributed by atoms with Crippen LogP contribution in [0.15, 0.2) is 35.4 Å². The number of hydrogen-bond donors (Lipinski definition) is 1. The van der Waals surface area contributed by atoms with Crippen molar-refractivity contribution in [2.24, 2.45) is 5.92 Å². The molecule has 1 atom stereocenters. The van der Waals surface area contributed by atoms with Gasteiger partial charge in [-0.25, -0.2) is 4.68 Å². The average Bonchev–Trinajstić information content (AvgIpc) is 2.83. The smallest absolute Gasteiger partial charge is 0.105 e. The van der Waals surface area contributed by atoms with Gasteiger partial charge in [0.25, 0.3) is 0 Å². The summed E-state index contributed by atoms with van der Waals surface area (Å²) in [5.41, 5.74) is 3.56. The van der Waals surface area contributed by atoms with E-state index < -0.39 is 0 Å². The van der Waals surface area contributed by atoms with Crippen LogP contribution in [-0.2, 0) is 6.54 Å². The molecule has 0 fully saturated rings. The van der Waals surface area contributed by atoms with Crippen LogP contribution in [0.1, 0.15) is 31.5 Å². The van der Waals surface area contributed by atoms with Gasteiger partial charge in [0.1, 0.15) is 5.03 Å². The minimum absolute atomic E-state index is 0.719. The fourth-order valence-electron chi connectivity index (χ4n) is 2.15. The first-order valence-corrected chi connectivity index (χ1v) is 8.57. The first-order chi connectivity index (χ1) is 10.2. The molecule has 0 spiro atoms. The van der Waals surface area contributed by atoms with E-state index in [1.54, 1.807) is 0 Å². The van der Waals surface area contributed by atoms with Gasteiger partial charge in [-0.2, -0.15) is 5.10 Å². The molecule has 1 heterocycles. The van der Waals surface area contributed by atoms with E-state index in [0.717, 1.165) is 29.6 Å². The Labute approximate surface area is 132 Å². The molecule has 0 bridgehead atoms. The Morgan fingerprint density at radius 1 is 1.29 bits per heavy atom. The van der Waals surface area contributed by atoms with E-state index in [1.165, 1.54) is 17.0 Å². The van der Waals surface area contributed by atoms with Crippen LogP contribution in [0.4, 0.5) is 0 Å². The van der Waals surface area contributed by atoms with Crippen LogP contribution in [0.2, 0.25) is 0 Å². The fraction of sp³-hybridized carbons (Fsp3) is 0.471. The summed E-state index contributed by atoms with van der Waals surface area (Å²) >= 11 is 1.92. The van der Waals surface area contributed by atoms with Crippen LogP contribution in [-0.4, -0.2) is 22.6 Å². The molecule has 0 aliphatic heterocycles. The van der Waals surface area contributed by atoms with Crippen molar-refractivity contribution < 1.29 is 0 Å². The van der Waals surface area contributed by atoms with E-state index in [1.807, 2.05) is 24.9 Å². The zero-order valence-corrected chi connectivity index (χ0v) is 14.2. The lowest BCUT2D eigenvalue weighted by molar-refractivity contribution is 0.635. The quantitative estimate of drug-likeness (QED) is 0.783. The topological polar surface area (TPSA) is 29.9 Å². The zero-order chi connectivity index (χ0) is 15.2. The van der Waals surface area contributed by atoms with Crippen molar-refractivity contribution in [2.75, 3.05) is 12.8 Å². The van der Waals surface area contributed by atoms with Crippen molar-refractivity contribution in [2.45, 2.75) is 38.8 Å². The molecule has 2 aromatic rings. The maximum atomic E-state index is 4.76. The third-order valence-electron chi connectivity index (χ3n) is 3.69. The Balaban J connectivity index is 2.37. The monoisotopic (exact) mass is 303 g/mol. The van der Waals surface area contributed by atoms with Gasteiger partial charge in [-0.3, -0.25) is 0 Å². The molecule has 0 radical (unpaired) electrons. The van der Waals surface area contributed by atoms with Crippen LogP contribution >= 0.6 is 11.8 Å². The molecule has 0 aliphatic rings. The van der Waals surface area contributed by atoms with E-state index in [2.05, 4.69) is 55.0 Å². The Morgan fingerprint density at radius 2 is 2.00 bits per heavy atom. The second-order valence-electron chi connectivity index (χ2n) is 5.47. The van der Waals surface area contributed by atoms with Crippen molar-refractivity contribution in [3.63, 3.8) is 0 Å². The molecular weight excluding hydrogens is 278 g/mol. The maximum Gasteiger partial charge on any atom is 0.105 e.